The summed E-state index contributed by atoms with van der Waals surface area (Å²) in [5.74, 6) is 1.92. The molecule has 0 aromatic rings. The topological polar surface area (TPSA) is 37.3 Å². The largest absolute Gasteiger partial charge is 0.481 e. The molecule has 1 N–H and O–H groups in total. The summed E-state index contributed by atoms with van der Waals surface area (Å²) in [5.41, 5.74) is 0. The van der Waals surface area contributed by atoms with Gasteiger partial charge in [0.05, 0.1) is 5.92 Å². The van der Waals surface area contributed by atoms with Crippen molar-refractivity contribution in [3.05, 3.63) is 12.7 Å². The molecule has 2 nitrogen and oxygen atoms in total. The molecule has 102 valence electrons. The lowest BCUT2D eigenvalue weighted by Gasteiger charge is -2.37. The molecule has 0 spiro atoms. The number of hydrogen-bond donors (Lipinski definition) is 1. The van der Waals surface area contributed by atoms with E-state index in [1.807, 2.05) is 0 Å². The number of hydrogen-bond acceptors (Lipinski definition) is 1. The average Bonchev–Trinajstić information content (AvgIpc) is 2.40. The van der Waals surface area contributed by atoms with E-state index >= 15 is 0 Å². The van der Waals surface area contributed by atoms with Crippen LogP contribution in [0.2, 0.25) is 0 Å². The van der Waals surface area contributed by atoms with Crippen LogP contribution in [0.15, 0.2) is 12.7 Å². The first-order chi connectivity index (χ1) is 8.70. The van der Waals surface area contributed by atoms with Crippen molar-refractivity contribution < 1.29 is 9.90 Å². The van der Waals surface area contributed by atoms with Gasteiger partial charge in [-0.3, -0.25) is 4.79 Å². The van der Waals surface area contributed by atoms with Gasteiger partial charge in [-0.1, -0.05) is 6.08 Å². The number of allylic oxidation sites excluding steroid dienone is 1. The molecule has 0 atom stereocenters. The van der Waals surface area contributed by atoms with Gasteiger partial charge in [-0.05, 0) is 75.5 Å². The van der Waals surface area contributed by atoms with E-state index in [-0.39, 0.29) is 5.92 Å². The van der Waals surface area contributed by atoms with E-state index in [4.69, 9.17) is 5.11 Å². The van der Waals surface area contributed by atoms with E-state index in [1.165, 1.54) is 32.1 Å². The van der Waals surface area contributed by atoms with Crippen molar-refractivity contribution in [2.45, 2.75) is 57.8 Å². The summed E-state index contributed by atoms with van der Waals surface area (Å²) in [4.78, 5) is 10.9. The zero-order valence-electron chi connectivity index (χ0n) is 11.3. The fraction of sp³-hybridized carbons (Fsp3) is 0.812. The Hall–Kier alpha value is -0.790. The van der Waals surface area contributed by atoms with Crippen LogP contribution in [0.3, 0.4) is 0 Å². The Morgan fingerprint density at radius 1 is 1.00 bits per heavy atom. The summed E-state index contributed by atoms with van der Waals surface area (Å²) in [7, 11) is 0. The van der Waals surface area contributed by atoms with E-state index < -0.39 is 5.97 Å². The minimum atomic E-state index is -0.580. The maximum absolute atomic E-state index is 10.9. The average molecular weight is 250 g/mol. The fourth-order valence-electron chi connectivity index (χ4n) is 3.97. The van der Waals surface area contributed by atoms with Gasteiger partial charge in [0.2, 0.25) is 0 Å². The van der Waals surface area contributed by atoms with Gasteiger partial charge < -0.3 is 5.11 Å². The van der Waals surface area contributed by atoms with Crippen molar-refractivity contribution in [3.63, 3.8) is 0 Å². The number of carboxylic acid groups (broad SMARTS) is 1. The zero-order chi connectivity index (χ0) is 13.0. The summed E-state index contributed by atoms with van der Waals surface area (Å²) in [5, 5.41) is 9.02. The van der Waals surface area contributed by atoms with Crippen molar-refractivity contribution in [2.75, 3.05) is 0 Å². The second-order valence-corrected chi connectivity index (χ2v) is 6.26. The Bertz CT molecular complexity index is 281. The van der Waals surface area contributed by atoms with Crippen LogP contribution >= 0.6 is 0 Å². The SMILES string of the molecule is C=CC[C@H]1CC[C@H]([C@H]2CC[C@H](C(=O)O)CC2)CC1. The van der Waals surface area contributed by atoms with Crippen LogP contribution in [0.4, 0.5) is 0 Å². The van der Waals surface area contributed by atoms with Crippen molar-refractivity contribution in [3.8, 4) is 0 Å². The molecular weight excluding hydrogens is 224 g/mol. The zero-order valence-corrected chi connectivity index (χ0v) is 11.3. The van der Waals surface area contributed by atoms with Crippen molar-refractivity contribution in [1.29, 1.82) is 0 Å². The molecular formula is C16H26O2. The molecule has 0 aromatic carbocycles. The number of carboxylic acids is 1. The minimum Gasteiger partial charge on any atom is -0.481 e. The Morgan fingerprint density at radius 3 is 1.94 bits per heavy atom. The Kier molecular flexibility index (Phi) is 4.85. The standard InChI is InChI=1S/C16H26O2/c1-2-3-12-4-6-13(7-5-12)14-8-10-15(11-9-14)16(17)18/h2,12-15H,1,3-11H2,(H,17,18)/t12-,13-,14-,15-. The highest BCUT2D eigenvalue weighted by Gasteiger charge is 2.32. The van der Waals surface area contributed by atoms with Gasteiger partial charge in [0.15, 0.2) is 0 Å². The van der Waals surface area contributed by atoms with Crippen LogP contribution in [-0.4, -0.2) is 11.1 Å². The summed E-state index contributed by atoms with van der Waals surface area (Å²) in [6, 6.07) is 0. The maximum Gasteiger partial charge on any atom is 0.306 e. The smallest absolute Gasteiger partial charge is 0.306 e. The first kappa shape index (κ1) is 13.6. The predicted molar refractivity (Wildman–Crippen MR) is 73.3 cm³/mol. The second-order valence-electron chi connectivity index (χ2n) is 6.26. The van der Waals surface area contributed by atoms with Crippen molar-refractivity contribution in [1.82, 2.24) is 0 Å². The molecule has 0 unspecified atom stereocenters. The fourth-order valence-corrected chi connectivity index (χ4v) is 3.97. The quantitative estimate of drug-likeness (QED) is 0.757. The molecule has 2 aliphatic rings. The van der Waals surface area contributed by atoms with Gasteiger partial charge >= 0.3 is 5.97 Å². The van der Waals surface area contributed by atoms with E-state index in [0.29, 0.717) is 0 Å². The number of carbonyl (C=O) groups is 1. The molecule has 0 saturated heterocycles. The Labute approximate surface area is 110 Å². The summed E-state index contributed by atoms with van der Waals surface area (Å²) >= 11 is 0. The molecule has 18 heavy (non-hydrogen) atoms. The highest BCUT2D eigenvalue weighted by atomic mass is 16.4. The van der Waals surface area contributed by atoms with E-state index in [2.05, 4.69) is 12.7 Å². The molecule has 0 aliphatic heterocycles. The van der Waals surface area contributed by atoms with Crippen LogP contribution in [-0.2, 0) is 4.79 Å². The first-order valence-corrected chi connectivity index (χ1v) is 7.54. The third-order valence-corrected chi connectivity index (χ3v) is 5.18. The minimum absolute atomic E-state index is 0.0571. The summed E-state index contributed by atoms with van der Waals surface area (Å²) in [6.45, 7) is 3.83. The highest BCUT2D eigenvalue weighted by Crippen LogP contribution is 2.41. The second kappa shape index (κ2) is 6.40. The molecule has 0 bridgehead atoms. The molecule has 0 aromatic heterocycles. The number of rotatable bonds is 4. The van der Waals surface area contributed by atoms with Gasteiger partial charge in [0.1, 0.15) is 0 Å². The van der Waals surface area contributed by atoms with Crippen LogP contribution in [0.1, 0.15) is 57.8 Å². The molecule has 0 heterocycles. The van der Waals surface area contributed by atoms with Gasteiger partial charge in [-0.15, -0.1) is 6.58 Å². The monoisotopic (exact) mass is 250 g/mol. The molecule has 2 heteroatoms. The van der Waals surface area contributed by atoms with Crippen LogP contribution in [0.25, 0.3) is 0 Å². The normalized spacial score (nSPS) is 37.1. The van der Waals surface area contributed by atoms with Crippen molar-refractivity contribution >= 4 is 5.97 Å². The van der Waals surface area contributed by atoms with E-state index in [1.54, 1.807) is 0 Å². The van der Waals surface area contributed by atoms with Crippen LogP contribution < -0.4 is 0 Å². The molecule has 2 fully saturated rings. The molecule has 0 radical (unpaired) electrons. The van der Waals surface area contributed by atoms with Crippen LogP contribution in [0, 0.1) is 23.7 Å². The van der Waals surface area contributed by atoms with Gasteiger partial charge in [0, 0.05) is 0 Å². The predicted octanol–water partition coefficient (Wildman–Crippen LogP) is 4.26. The lowest BCUT2D eigenvalue weighted by atomic mass is 9.69. The molecule has 2 aliphatic carbocycles. The van der Waals surface area contributed by atoms with Gasteiger partial charge in [-0.25, -0.2) is 0 Å². The van der Waals surface area contributed by atoms with E-state index in [0.717, 1.165) is 43.4 Å². The third-order valence-electron chi connectivity index (χ3n) is 5.18. The highest BCUT2D eigenvalue weighted by molar-refractivity contribution is 5.69. The Balaban J connectivity index is 1.74. The third kappa shape index (κ3) is 3.37. The molecule has 2 saturated carbocycles. The molecule has 2 rings (SSSR count). The molecule has 0 amide bonds. The van der Waals surface area contributed by atoms with Gasteiger partial charge in [-0.2, -0.15) is 0 Å². The van der Waals surface area contributed by atoms with E-state index in [9.17, 15) is 4.79 Å². The number of aliphatic carboxylic acids is 1. The summed E-state index contributed by atoms with van der Waals surface area (Å²) < 4.78 is 0. The first-order valence-electron chi connectivity index (χ1n) is 7.54. The maximum atomic E-state index is 10.9. The lowest BCUT2D eigenvalue weighted by molar-refractivity contribution is -0.143. The Morgan fingerprint density at radius 2 is 1.50 bits per heavy atom. The van der Waals surface area contributed by atoms with Gasteiger partial charge in [0.25, 0.3) is 0 Å². The lowest BCUT2D eigenvalue weighted by Crippen LogP contribution is -2.28. The van der Waals surface area contributed by atoms with Crippen LogP contribution in [0.5, 0.6) is 0 Å². The summed E-state index contributed by atoms with van der Waals surface area (Å²) in [6.07, 6.45) is 12.8. The van der Waals surface area contributed by atoms with Crippen molar-refractivity contribution in [2.24, 2.45) is 23.7 Å².